The first-order valence-electron chi connectivity index (χ1n) is 11.2. The maximum Gasteiger partial charge on any atom is 0.289 e. The molecule has 3 aromatic rings. The molecule has 4 heterocycles. The van der Waals surface area contributed by atoms with E-state index in [1.807, 2.05) is 6.07 Å². The zero-order valence-electron chi connectivity index (χ0n) is 18.5. The Morgan fingerprint density at radius 3 is 2.85 bits per heavy atom. The van der Waals surface area contributed by atoms with Crippen LogP contribution in [0.4, 0.5) is 5.13 Å². The molecule has 0 saturated carbocycles. The van der Waals surface area contributed by atoms with E-state index < -0.39 is 11.8 Å². The molecule has 2 aliphatic heterocycles. The number of amides is 3. The van der Waals surface area contributed by atoms with Gasteiger partial charge in [0.05, 0.1) is 30.8 Å². The minimum atomic E-state index is -0.471. The Morgan fingerprint density at radius 1 is 1.15 bits per heavy atom. The number of aromatic amines is 1. The van der Waals surface area contributed by atoms with E-state index in [0.717, 1.165) is 29.1 Å². The summed E-state index contributed by atoms with van der Waals surface area (Å²) in [6, 6.07) is 5.37. The maximum atomic E-state index is 13.0. The fraction of sp³-hybridized carbons (Fsp3) is 0.409. The van der Waals surface area contributed by atoms with Crippen LogP contribution >= 0.6 is 11.3 Å². The van der Waals surface area contributed by atoms with Crippen molar-refractivity contribution < 1.29 is 19.1 Å². The second kappa shape index (κ2) is 9.77. The first kappa shape index (κ1) is 22.3. The second-order valence-electron chi connectivity index (χ2n) is 8.32. The number of fused-ring (bicyclic) bond motifs is 1. The number of hydrazine groups is 1. The number of H-pyrrole nitrogens is 1. The van der Waals surface area contributed by atoms with E-state index in [9.17, 15) is 14.4 Å². The number of nitrogens with zero attached hydrogens (tertiary/aromatic N) is 4. The fourth-order valence-corrected chi connectivity index (χ4v) is 5.05. The van der Waals surface area contributed by atoms with Crippen molar-refractivity contribution in [3.8, 4) is 0 Å². The van der Waals surface area contributed by atoms with E-state index in [4.69, 9.17) is 4.74 Å². The van der Waals surface area contributed by atoms with Crippen LogP contribution in [0.5, 0.6) is 0 Å². The Morgan fingerprint density at radius 2 is 2.00 bits per heavy atom. The molecule has 3 amide bonds. The van der Waals surface area contributed by atoms with E-state index in [0.29, 0.717) is 44.7 Å². The van der Waals surface area contributed by atoms with Crippen molar-refractivity contribution >= 4 is 45.1 Å². The number of aromatic nitrogens is 3. The van der Waals surface area contributed by atoms with Crippen LogP contribution < -0.4 is 15.8 Å². The van der Waals surface area contributed by atoms with Gasteiger partial charge in [-0.15, -0.1) is 11.3 Å². The Hall–Kier alpha value is -3.51. The fourth-order valence-electron chi connectivity index (χ4n) is 4.19. The van der Waals surface area contributed by atoms with Crippen LogP contribution in [0.15, 0.2) is 29.8 Å². The van der Waals surface area contributed by atoms with Crippen molar-refractivity contribution in [2.75, 3.05) is 44.3 Å². The molecule has 0 radical (unpaired) electrons. The molecule has 0 spiro atoms. The number of morpholine rings is 1. The average molecular weight is 484 g/mol. The molecule has 11 nitrogen and oxygen atoms in total. The van der Waals surface area contributed by atoms with Crippen LogP contribution in [0.2, 0.25) is 0 Å². The van der Waals surface area contributed by atoms with Crippen molar-refractivity contribution in [3.05, 3.63) is 41.0 Å². The lowest BCUT2D eigenvalue weighted by Crippen LogP contribution is -2.50. The summed E-state index contributed by atoms with van der Waals surface area (Å²) in [5.74, 6) is -1.32. The number of carbonyl (C=O) groups is 3. The molecule has 178 valence electrons. The number of piperidine rings is 1. The third-order valence-electron chi connectivity index (χ3n) is 6.07. The largest absolute Gasteiger partial charge is 0.378 e. The standard InChI is InChI=1S/C22H25N7O4S/c30-19(26-27-20(31)18-13-34-22(24-18)28-6-8-33-9-7-28)15-2-1-5-29(12-15)21(32)14-3-4-17-16(10-14)11-23-25-17/h3-4,10-11,13,15H,1-2,5-9,12H2,(H,23,25)(H,26,30)(H,27,31). The Bertz CT molecular complexity index is 1200. The first-order chi connectivity index (χ1) is 16.6. The predicted molar refractivity (Wildman–Crippen MR) is 125 cm³/mol. The molecule has 3 N–H and O–H groups in total. The molecule has 1 unspecified atom stereocenters. The van der Waals surface area contributed by atoms with Crippen LogP contribution in [0.25, 0.3) is 10.9 Å². The van der Waals surface area contributed by atoms with E-state index >= 15 is 0 Å². The first-order valence-corrected chi connectivity index (χ1v) is 12.1. The van der Waals surface area contributed by atoms with Crippen LogP contribution in [0.3, 0.4) is 0 Å². The lowest BCUT2D eigenvalue weighted by Gasteiger charge is -2.32. The molecule has 2 saturated heterocycles. The van der Waals surface area contributed by atoms with Gasteiger partial charge in [0.25, 0.3) is 11.8 Å². The number of nitrogens with one attached hydrogen (secondary N) is 3. The third-order valence-corrected chi connectivity index (χ3v) is 6.97. The van der Waals surface area contributed by atoms with Crippen molar-refractivity contribution in [2.45, 2.75) is 12.8 Å². The van der Waals surface area contributed by atoms with Crippen LogP contribution in [0.1, 0.15) is 33.7 Å². The molecule has 2 fully saturated rings. The van der Waals surface area contributed by atoms with Crippen molar-refractivity contribution in [1.82, 2.24) is 30.9 Å². The molecule has 1 aromatic carbocycles. The van der Waals surface area contributed by atoms with Gasteiger partial charge in [-0.2, -0.15) is 5.10 Å². The molecule has 2 aromatic heterocycles. The number of hydrogen-bond donors (Lipinski definition) is 3. The van der Waals surface area contributed by atoms with Gasteiger partial charge in [0.15, 0.2) is 5.13 Å². The number of thiazole rings is 1. The van der Waals surface area contributed by atoms with Crippen molar-refractivity contribution in [1.29, 1.82) is 0 Å². The van der Waals surface area contributed by atoms with E-state index in [-0.39, 0.29) is 17.5 Å². The number of benzene rings is 1. The number of carbonyl (C=O) groups excluding carboxylic acids is 3. The monoisotopic (exact) mass is 483 g/mol. The predicted octanol–water partition coefficient (Wildman–Crippen LogP) is 1.17. The number of rotatable bonds is 4. The summed E-state index contributed by atoms with van der Waals surface area (Å²) in [4.78, 5) is 46.3. The lowest BCUT2D eigenvalue weighted by molar-refractivity contribution is -0.127. The number of likely N-dealkylation sites (tertiary alicyclic amines) is 1. The van der Waals surface area contributed by atoms with Gasteiger partial charge in [-0.3, -0.25) is 30.3 Å². The van der Waals surface area contributed by atoms with Gasteiger partial charge in [0, 0.05) is 42.5 Å². The molecule has 5 rings (SSSR count). The molecule has 0 bridgehead atoms. The molecule has 12 heteroatoms. The lowest BCUT2D eigenvalue weighted by atomic mass is 9.96. The minimum absolute atomic E-state index is 0.122. The molecule has 34 heavy (non-hydrogen) atoms. The summed E-state index contributed by atoms with van der Waals surface area (Å²) in [5, 5.41) is 10.1. The van der Waals surface area contributed by atoms with Gasteiger partial charge in [-0.05, 0) is 31.0 Å². The van der Waals surface area contributed by atoms with Crippen LogP contribution in [-0.2, 0) is 9.53 Å². The normalized spacial score (nSPS) is 18.6. The van der Waals surface area contributed by atoms with Gasteiger partial charge >= 0.3 is 0 Å². The molecule has 1 atom stereocenters. The van der Waals surface area contributed by atoms with Gasteiger partial charge in [0.1, 0.15) is 5.69 Å². The van der Waals surface area contributed by atoms with Gasteiger partial charge in [-0.25, -0.2) is 4.98 Å². The Kier molecular flexibility index (Phi) is 6.41. The van der Waals surface area contributed by atoms with E-state index in [1.54, 1.807) is 28.6 Å². The highest BCUT2D eigenvalue weighted by Gasteiger charge is 2.29. The highest BCUT2D eigenvalue weighted by Crippen LogP contribution is 2.22. The molecular weight excluding hydrogens is 458 g/mol. The van der Waals surface area contributed by atoms with Gasteiger partial charge in [-0.1, -0.05) is 0 Å². The smallest absolute Gasteiger partial charge is 0.289 e. The van der Waals surface area contributed by atoms with E-state index in [1.165, 1.54) is 11.3 Å². The topological polar surface area (TPSA) is 133 Å². The number of ether oxygens (including phenoxy) is 1. The number of anilines is 1. The summed E-state index contributed by atoms with van der Waals surface area (Å²) in [7, 11) is 0. The second-order valence-corrected chi connectivity index (χ2v) is 9.16. The number of hydrogen-bond acceptors (Lipinski definition) is 8. The molecule has 2 aliphatic rings. The quantitative estimate of drug-likeness (QED) is 0.475. The zero-order valence-corrected chi connectivity index (χ0v) is 19.3. The average Bonchev–Trinajstić information content (AvgIpc) is 3.57. The third kappa shape index (κ3) is 4.73. The maximum absolute atomic E-state index is 13.0. The van der Waals surface area contributed by atoms with Crippen molar-refractivity contribution in [3.63, 3.8) is 0 Å². The SMILES string of the molecule is O=C(NNC(=O)C1CCCN(C(=O)c2ccc3[nH]ncc3c2)C1)c1csc(N2CCOCC2)n1. The molecular formula is C22H25N7O4S. The zero-order chi connectivity index (χ0) is 23.5. The van der Waals surface area contributed by atoms with Gasteiger partial charge in [0.2, 0.25) is 5.91 Å². The van der Waals surface area contributed by atoms with Crippen LogP contribution in [-0.4, -0.2) is 77.2 Å². The summed E-state index contributed by atoms with van der Waals surface area (Å²) in [5.41, 5.74) is 6.63. The summed E-state index contributed by atoms with van der Waals surface area (Å²) >= 11 is 1.38. The van der Waals surface area contributed by atoms with Gasteiger partial charge < -0.3 is 14.5 Å². The summed E-state index contributed by atoms with van der Waals surface area (Å²) in [6.07, 6.45) is 3.03. The van der Waals surface area contributed by atoms with Crippen molar-refractivity contribution in [2.24, 2.45) is 5.92 Å². The minimum Gasteiger partial charge on any atom is -0.378 e. The summed E-state index contributed by atoms with van der Waals surface area (Å²) < 4.78 is 5.34. The van der Waals surface area contributed by atoms with E-state index in [2.05, 4.69) is 30.9 Å². The summed E-state index contributed by atoms with van der Waals surface area (Å²) in [6.45, 7) is 3.62. The van der Waals surface area contributed by atoms with Crippen LogP contribution in [0, 0.1) is 5.92 Å². The Balaban J connectivity index is 1.15. The highest BCUT2D eigenvalue weighted by molar-refractivity contribution is 7.13. The Labute approximate surface area is 199 Å². The molecule has 0 aliphatic carbocycles. The highest BCUT2D eigenvalue weighted by atomic mass is 32.1.